The number of unbranched alkanes of at least 4 members (excludes halogenated alkanes) is 24. The van der Waals surface area contributed by atoms with E-state index in [1.54, 1.807) is 0 Å². The van der Waals surface area contributed by atoms with Crippen molar-refractivity contribution >= 4 is 5.97 Å². The molecule has 0 fully saturated rings. The SMILES string of the molecule is CCCCC/C=C\CCCCCCCCCCCC(CCCCCCCC/C=C\CCCCCCCC)OC(=O)CCCN(C)C. The summed E-state index contributed by atoms with van der Waals surface area (Å²) in [5, 5.41) is 0. The average Bonchev–Trinajstić information content (AvgIpc) is 3.04. The van der Waals surface area contributed by atoms with Gasteiger partial charge in [-0.05, 0) is 104 Å². The molecule has 0 heterocycles. The van der Waals surface area contributed by atoms with Gasteiger partial charge in [-0.15, -0.1) is 0 Å². The van der Waals surface area contributed by atoms with Gasteiger partial charge in [0.1, 0.15) is 6.10 Å². The lowest BCUT2D eigenvalue weighted by atomic mass is 10.0. The molecule has 0 radical (unpaired) electrons. The molecule has 272 valence electrons. The van der Waals surface area contributed by atoms with Gasteiger partial charge in [-0.2, -0.15) is 0 Å². The number of carbonyl (C=O) groups excluding carboxylic acids is 1. The van der Waals surface area contributed by atoms with Crippen molar-refractivity contribution in [1.29, 1.82) is 0 Å². The number of ether oxygens (including phenoxy) is 1. The molecule has 0 aromatic heterocycles. The molecule has 46 heavy (non-hydrogen) atoms. The first-order chi connectivity index (χ1) is 22.6. The molecule has 0 saturated heterocycles. The molecule has 0 amide bonds. The Balaban J connectivity index is 3.93. The first kappa shape index (κ1) is 44.9. The number of allylic oxidation sites excluding steroid dienone is 4. The van der Waals surface area contributed by atoms with Crippen molar-refractivity contribution in [2.45, 2.75) is 225 Å². The predicted molar refractivity (Wildman–Crippen MR) is 206 cm³/mol. The van der Waals surface area contributed by atoms with Crippen molar-refractivity contribution in [2.75, 3.05) is 20.6 Å². The summed E-state index contributed by atoms with van der Waals surface area (Å²) in [6.07, 6.45) is 50.7. The van der Waals surface area contributed by atoms with Gasteiger partial charge in [0.05, 0.1) is 0 Å². The highest BCUT2D eigenvalue weighted by Crippen LogP contribution is 2.19. The molecule has 0 spiro atoms. The maximum absolute atomic E-state index is 12.5. The Hall–Kier alpha value is -1.09. The van der Waals surface area contributed by atoms with Crippen LogP contribution in [-0.4, -0.2) is 37.6 Å². The van der Waals surface area contributed by atoms with Crippen LogP contribution >= 0.6 is 0 Å². The summed E-state index contributed by atoms with van der Waals surface area (Å²) in [5.41, 5.74) is 0. The Morgan fingerprint density at radius 1 is 0.478 bits per heavy atom. The van der Waals surface area contributed by atoms with Gasteiger partial charge in [-0.3, -0.25) is 4.79 Å². The number of nitrogens with zero attached hydrogens (tertiary/aromatic N) is 1. The van der Waals surface area contributed by atoms with Crippen molar-refractivity contribution in [2.24, 2.45) is 0 Å². The molecule has 3 nitrogen and oxygen atoms in total. The summed E-state index contributed by atoms with van der Waals surface area (Å²) < 4.78 is 6.01. The van der Waals surface area contributed by atoms with E-state index in [4.69, 9.17) is 4.74 Å². The third-order valence-electron chi connectivity index (χ3n) is 9.36. The highest BCUT2D eigenvalue weighted by Gasteiger charge is 2.14. The minimum atomic E-state index is 0.0170. The van der Waals surface area contributed by atoms with E-state index in [-0.39, 0.29) is 12.1 Å². The van der Waals surface area contributed by atoms with E-state index in [9.17, 15) is 4.79 Å². The van der Waals surface area contributed by atoms with E-state index in [1.807, 2.05) is 0 Å². The maximum atomic E-state index is 12.5. The van der Waals surface area contributed by atoms with Crippen molar-refractivity contribution in [1.82, 2.24) is 4.90 Å². The Bertz CT molecular complexity index is 655. The molecular formula is C43H83NO2. The number of hydrogen-bond donors (Lipinski definition) is 0. The maximum Gasteiger partial charge on any atom is 0.306 e. The van der Waals surface area contributed by atoms with E-state index in [1.165, 1.54) is 180 Å². The average molecular weight is 646 g/mol. The molecule has 0 aromatic rings. The van der Waals surface area contributed by atoms with E-state index in [2.05, 4.69) is 57.1 Å². The fraction of sp³-hybridized carbons (Fsp3) is 0.884. The number of esters is 1. The van der Waals surface area contributed by atoms with Crippen LogP contribution in [0, 0.1) is 0 Å². The van der Waals surface area contributed by atoms with Crippen LogP contribution in [0.15, 0.2) is 24.3 Å². The van der Waals surface area contributed by atoms with Gasteiger partial charge in [0.25, 0.3) is 0 Å². The van der Waals surface area contributed by atoms with Crippen molar-refractivity contribution < 1.29 is 9.53 Å². The molecule has 1 atom stereocenters. The highest BCUT2D eigenvalue weighted by atomic mass is 16.5. The molecule has 0 aromatic carbocycles. The molecule has 0 aliphatic rings. The third-order valence-corrected chi connectivity index (χ3v) is 9.36. The van der Waals surface area contributed by atoms with Crippen molar-refractivity contribution in [3.05, 3.63) is 24.3 Å². The third kappa shape index (κ3) is 37.4. The molecule has 0 bridgehead atoms. The second-order valence-electron chi connectivity index (χ2n) is 14.5. The number of carbonyl (C=O) groups is 1. The zero-order valence-corrected chi connectivity index (χ0v) is 32.0. The fourth-order valence-electron chi connectivity index (χ4n) is 6.29. The van der Waals surface area contributed by atoms with Crippen LogP contribution in [0.3, 0.4) is 0 Å². The predicted octanol–water partition coefficient (Wildman–Crippen LogP) is 14.1. The smallest absolute Gasteiger partial charge is 0.306 e. The first-order valence-corrected chi connectivity index (χ1v) is 20.7. The lowest BCUT2D eigenvalue weighted by Crippen LogP contribution is -2.20. The lowest BCUT2D eigenvalue weighted by molar-refractivity contribution is -0.150. The molecule has 0 N–H and O–H groups in total. The topological polar surface area (TPSA) is 29.5 Å². The van der Waals surface area contributed by atoms with Crippen LogP contribution in [0.4, 0.5) is 0 Å². The van der Waals surface area contributed by atoms with Gasteiger partial charge in [-0.25, -0.2) is 0 Å². The molecule has 0 rings (SSSR count). The van der Waals surface area contributed by atoms with Gasteiger partial charge >= 0.3 is 5.97 Å². The van der Waals surface area contributed by atoms with Gasteiger partial charge in [0.15, 0.2) is 0 Å². The largest absolute Gasteiger partial charge is 0.462 e. The van der Waals surface area contributed by atoms with Crippen LogP contribution in [0.1, 0.15) is 219 Å². The van der Waals surface area contributed by atoms with Gasteiger partial charge in [0.2, 0.25) is 0 Å². The molecule has 0 aliphatic heterocycles. The van der Waals surface area contributed by atoms with Crippen molar-refractivity contribution in [3.8, 4) is 0 Å². The molecule has 0 aliphatic carbocycles. The van der Waals surface area contributed by atoms with Gasteiger partial charge in [-0.1, -0.05) is 154 Å². The summed E-state index contributed by atoms with van der Waals surface area (Å²) in [6, 6.07) is 0. The quantitative estimate of drug-likeness (QED) is 0.0382. The summed E-state index contributed by atoms with van der Waals surface area (Å²) >= 11 is 0. The summed E-state index contributed by atoms with van der Waals surface area (Å²) in [5.74, 6) is 0.0170. The summed E-state index contributed by atoms with van der Waals surface area (Å²) in [4.78, 5) is 14.7. The normalized spacial score (nSPS) is 12.6. The van der Waals surface area contributed by atoms with Crippen molar-refractivity contribution in [3.63, 3.8) is 0 Å². The Kier molecular flexibility index (Phi) is 37.4. The fourth-order valence-corrected chi connectivity index (χ4v) is 6.29. The minimum absolute atomic E-state index is 0.0170. The second-order valence-corrected chi connectivity index (χ2v) is 14.5. The van der Waals surface area contributed by atoms with E-state index in [0.717, 1.165) is 25.8 Å². The van der Waals surface area contributed by atoms with Gasteiger partial charge in [0, 0.05) is 6.42 Å². The van der Waals surface area contributed by atoms with Crippen LogP contribution in [0.2, 0.25) is 0 Å². The molecule has 0 saturated carbocycles. The number of hydrogen-bond acceptors (Lipinski definition) is 3. The highest BCUT2D eigenvalue weighted by molar-refractivity contribution is 5.69. The second kappa shape index (κ2) is 38.4. The lowest BCUT2D eigenvalue weighted by Gasteiger charge is -2.18. The van der Waals surface area contributed by atoms with Crippen LogP contribution in [0.5, 0.6) is 0 Å². The van der Waals surface area contributed by atoms with Crippen LogP contribution < -0.4 is 0 Å². The van der Waals surface area contributed by atoms with E-state index in [0.29, 0.717) is 6.42 Å². The first-order valence-electron chi connectivity index (χ1n) is 20.7. The molecule has 1 unspecified atom stereocenters. The molecular weight excluding hydrogens is 562 g/mol. The van der Waals surface area contributed by atoms with E-state index < -0.39 is 0 Å². The molecule has 3 heteroatoms. The standard InChI is InChI=1S/C43H83NO2/c1-5-7-9-11-13-15-17-19-21-23-25-27-29-31-33-35-38-42(46-43(45)40-37-41-44(3)4)39-36-34-32-30-28-26-24-22-20-18-16-14-12-10-8-6-2/h13,15,20,22,42H,5-12,14,16-19,21,23-41H2,1-4H3/b15-13-,22-20-. The Morgan fingerprint density at radius 3 is 1.20 bits per heavy atom. The van der Waals surface area contributed by atoms with Gasteiger partial charge < -0.3 is 9.64 Å². The Labute approximate surface area is 290 Å². The minimum Gasteiger partial charge on any atom is -0.462 e. The Morgan fingerprint density at radius 2 is 0.804 bits per heavy atom. The van der Waals surface area contributed by atoms with Crippen LogP contribution in [-0.2, 0) is 9.53 Å². The summed E-state index contributed by atoms with van der Waals surface area (Å²) in [7, 11) is 4.13. The van der Waals surface area contributed by atoms with Crippen LogP contribution in [0.25, 0.3) is 0 Å². The monoisotopic (exact) mass is 646 g/mol. The number of rotatable bonds is 37. The summed E-state index contributed by atoms with van der Waals surface area (Å²) in [6.45, 7) is 5.51. The van der Waals surface area contributed by atoms with E-state index >= 15 is 0 Å². The zero-order chi connectivity index (χ0) is 33.6. The zero-order valence-electron chi connectivity index (χ0n) is 32.0.